The smallest absolute Gasteiger partial charge is 0.409 e. The lowest BCUT2D eigenvalue weighted by atomic mass is 10.1. The van der Waals surface area contributed by atoms with E-state index in [9.17, 15) is 4.79 Å². The monoisotopic (exact) mass is 2060 g/mol. The SMILES string of the molecule is CCCCCCCCCCCCOCCOCCOCCOCCOCCOCCOCCOCCOCCOCCOCCOCCOCCOCCOCCOCCOCCOCCOCCOCCOCCOCCOCCOCCOCCOCCOCCOCCOCCOCCOCCOCCOC(=O)N1CC(P(c2ccccc2)c2ccccc2)C(P(c2ccccc2)c2ccccc2)C1. The van der Waals surface area contributed by atoms with Gasteiger partial charge in [0.05, 0.1) is 416 Å². The molecular weight excluding hydrogens is 1880 g/mol. The number of ether oxygens (including phenoxy) is 33. The van der Waals surface area contributed by atoms with Gasteiger partial charge in [0.1, 0.15) is 6.61 Å². The molecule has 1 aliphatic heterocycles. The predicted molar refractivity (Wildman–Crippen MR) is 547 cm³/mol. The van der Waals surface area contributed by atoms with E-state index < -0.39 is 15.8 Å². The number of hydrogen-bond donors (Lipinski definition) is 0. The minimum absolute atomic E-state index is 0.158. The highest BCUT2D eigenvalue weighted by Gasteiger charge is 2.46. The zero-order valence-corrected chi connectivity index (χ0v) is 87.7. The topological polar surface area (TPSA) is 325 Å². The third-order valence-electron chi connectivity index (χ3n) is 20.9. The maximum atomic E-state index is 13.9. The molecule has 1 saturated heterocycles. The molecule has 4 aromatic rings. The third-order valence-corrected chi connectivity index (χ3v) is 27.0. The van der Waals surface area contributed by atoms with Crippen LogP contribution in [0.3, 0.4) is 0 Å². The first kappa shape index (κ1) is 128. The van der Waals surface area contributed by atoms with E-state index in [2.05, 4.69) is 128 Å². The molecule has 0 aromatic heterocycles. The van der Waals surface area contributed by atoms with Gasteiger partial charge < -0.3 is 161 Å². The number of likely N-dealkylation sites (tertiary alicyclic amines) is 1. The quantitative estimate of drug-likeness (QED) is 0.0293. The summed E-state index contributed by atoms with van der Waals surface area (Å²) in [5.74, 6) is 0. The number of carbonyl (C=O) groups excluding carboxylic acids is 1. The van der Waals surface area contributed by atoms with E-state index in [1.807, 2.05) is 4.90 Å². The van der Waals surface area contributed by atoms with Crippen molar-refractivity contribution in [1.82, 2.24) is 4.90 Å². The van der Waals surface area contributed by atoms with Crippen LogP contribution in [0.2, 0.25) is 0 Å². The van der Waals surface area contributed by atoms with E-state index in [0.29, 0.717) is 423 Å². The van der Waals surface area contributed by atoms with Gasteiger partial charge in [-0.05, 0) is 43.5 Å². The second-order valence-corrected chi connectivity index (χ2v) is 36.9. The molecule has 35 nitrogen and oxygen atoms in total. The van der Waals surface area contributed by atoms with Crippen LogP contribution in [0, 0.1) is 0 Å². The summed E-state index contributed by atoms with van der Waals surface area (Å²) >= 11 is 0. The summed E-state index contributed by atoms with van der Waals surface area (Å²) in [4.78, 5) is 15.8. The van der Waals surface area contributed by atoms with Crippen LogP contribution in [-0.2, 0) is 156 Å². The van der Waals surface area contributed by atoms with E-state index in [1.54, 1.807) is 0 Å². The predicted octanol–water partition coefficient (Wildman–Crippen LogP) is 9.89. The molecule has 5 rings (SSSR count). The van der Waals surface area contributed by atoms with Crippen LogP contribution < -0.4 is 21.2 Å². The Balaban J connectivity index is 0.602. The van der Waals surface area contributed by atoms with Crippen molar-refractivity contribution in [3.05, 3.63) is 121 Å². The minimum atomic E-state index is -0.818. The van der Waals surface area contributed by atoms with Crippen molar-refractivity contribution in [2.45, 2.75) is 82.4 Å². The molecule has 1 amide bonds. The highest BCUT2D eigenvalue weighted by Crippen LogP contribution is 2.54. The van der Waals surface area contributed by atoms with Gasteiger partial charge in [-0.2, -0.15) is 0 Å². The molecule has 2 atom stereocenters. The number of hydrogen-bond acceptors (Lipinski definition) is 34. The molecule has 0 saturated carbocycles. The van der Waals surface area contributed by atoms with Gasteiger partial charge in [0.25, 0.3) is 0 Å². The van der Waals surface area contributed by atoms with Crippen LogP contribution in [0.4, 0.5) is 4.79 Å². The fourth-order valence-electron chi connectivity index (χ4n) is 13.7. The van der Waals surface area contributed by atoms with Crippen molar-refractivity contribution < 1.29 is 161 Å². The second kappa shape index (κ2) is 104. The summed E-state index contributed by atoms with van der Waals surface area (Å²) in [7, 11) is -1.64. The summed E-state index contributed by atoms with van der Waals surface area (Å²) in [6.07, 6.45) is 13.0. The molecule has 818 valence electrons. The van der Waals surface area contributed by atoms with Gasteiger partial charge in [-0.25, -0.2) is 4.79 Å². The molecule has 0 bridgehead atoms. The van der Waals surface area contributed by atoms with Crippen LogP contribution in [-0.4, -0.2) is 465 Å². The Kier molecular flexibility index (Phi) is 93.8. The molecule has 1 fully saturated rings. The molecule has 142 heavy (non-hydrogen) atoms. The van der Waals surface area contributed by atoms with Crippen LogP contribution in [0.1, 0.15) is 71.1 Å². The lowest BCUT2D eigenvalue weighted by Crippen LogP contribution is -2.34. The first-order valence-electron chi connectivity index (χ1n) is 51.9. The van der Waals surface area contributed by atoms with E-state index in [0.717, 1.165) is 13.0 Å². The Bertz CT molecular complexity index is 2990. The van der Waals surface area contributed by atoms with E-state index in [4.69, 9.17) is 156 Å². The van der Waals surface area contributed by atoms with Gasteiger partial charge in [-0.1, -0.05) is 186 Å². The lowest BCUT2D eigenvalue weighted by Gasteiger charge is -2.34. The standard InChI is InChI=1S/C105H179NO34P2/c1-2-3-4-5-6-7-8-9-10-23-32-108-33-34-109-35-36-110-37-38-111-39-40-112-41-42-113-43-44-114-45-46-115-47-48-116-49-50-117-51-52-118-53-54-119-55-56-120-57-58-121-59-60-122-61-62-123-63-64-124-65-66-125-67-68-126-69-70-127-71-72-128-73-74-129-75-76-130-77-78-131-79-80-132-81-82-133-83-84-134-85-86-135-87-88-136-89-90-137-91-92-138-93-94-139-95-96-140-105(107)106-97-103(141(99-24-15-11-16-25-99)100-26-17-12-18-27-100)104(98-106)142(101-28-19-13-20-29-101)102-30-21-14-22-31-102/h11-22,24-31,103-104H,2-10,23,32-98H2,1H3. The Hall–Kier alpha value is -4.27. The number of amides is 1. The van der Waals surface area contributed by atoms with Crippen molar-refractivity contribution in [3.8, 4) is 0 Å². The molecule has 0 N–H and O–H groups in total. The first-order chi connectivity index (χ1) is 70.8. The second-order valence-electron chi connectivity index (χ2n) is 32.0. The van der Waals surface area contributed by atoms with Crippen molar-refractivity contribution in [2.24, 2.45) is 0 Å². The normalized spacial score (nSPS) is 13.4. The highest BCUT2D eigenvalue weighted by atomic mass is 31.1. The van der Waals surface area contributed by atoms with Crippen molar-refractivity contribution in [3.63, 3.8) is 0 Å². The number of benzene rings is 4. The zero-order valence-electron chi connectivity index (χ0n) is 85.9. The van der Waals surface area contributed by atoms with Gasteiger partial charge in [-0.15, -0.1) is 0 Å². The molecule has 0 radical (unpaired) electrons. The van der Waals surface area contributed by atoms with E-state index >= 15 is 0 Å². The first-order valence-corrected chi connectivity index (χ1v) is 54.8. The summed E-state index contributed by atoms with van der Waals surface area (Å²) in [5.41, 5.74) is 0.403. The molecule has 1 aliphatic rings. The summed E-state index contributed by atoms with van der Waals surface area (Å²) in [5, 5.41) is 5.23. The number of rotatable bonds is 113. The molecule has 2 unspecified atom stereocenters. The average Bonchev–Trinajstić information content (AvgIpc) is 1.60. The molecule has 4 aromatic carbocycles. The largest absolute Gasteiger partial charge is 0.447 e. The van der Waals surface area contributed by atoms with Crippen LogP contribution in [0.5, 0.6) is 0 Å². The lowest BCUT2D eigenvalue weighted by molar-refractivity contribution is -0.0326. The Morgan fingerprint density at radius 2 is 0.310 bits per heavy atom. The third kappa shape index (κ3) is 78.9. The van der Waals surface area contributed by atoms with Crippen LogP contribution in [0.25, 0.3) is 0 Å². The van der Waals surface area contributed by atoms with Crippen molar-refractivity contribution in [1.29, 1.82) is 0 Å². The molecule has 1 heterocycles. The van der Waals surface area contributed by atoms with E-state index in [-0.39, 0.29) is 30.6 Å². The van der Waals surface area contributed by atoms with Crippen LogP contribution in [0.15, 0.2) is 121 Å². The van der Waals surface area contributed by atoms with Gasteiger partial charge in [-0.3, -0.25) is 0 Å². The van der Waals surface area contributed by atoms with Crippen molar-refractivity contribution in [2.75, 3.05) is 443 Å². The maximum Gasteiger partial charge on any atom is 0.409 e. The van der Waals surface area contributed by atoms with Gasteiger partial charge in [0.15, 0.2) is 0 Å². The Morgan fingerprint density at radius 3 is 0.458 bits per heavy atom. The van der Waals surface area contributed by atoms with Gasteiger partial charge >= 0.3 is 6.09 Å². The Labute approximate surface area is 851 Å². The molecule has 0 aliphatic carbocycles. The highest BCUT2D eigenvalue weighted by molar-refractivity contribution is 7.77. The van der Waals surface area contributed by atoms with Gasteiger partial charge in [0, 0.05) is 31.0 Å². The fraction of sp³-hybridized carbons (Fsp3) is 0.762. The van der Waals surface area contributed by atoms with Crippen molar-refractivity contribution >= 4 is 43.2 Å². The average molecular weight is 2060 g/mol. The minimum Gasteiger partial charge on any atom is -0.447 e. The zero-order chi connectivity index (χ0) is 99.7. The fourth-order valence-corrected chi connectivity index (χ4v) is 20.2. The summed E-state index contributed by atoms with van der Waals surface area (Å²) in [6, 6.07) is 43.2. The number of unbranched alkanes of at least 4 members (excludes halogenated alkanes) is 9. The summed E-state index contributed by atoms with van der Waals surface area (Å²) < 4.78 is 184. The molecule has 37 heteroatoms. The number of carbonyl (C=O) groups is 1. The van der Waals surface area contributed by atoms with E-state index in [1.165, 1.54) is 79.0 Å². The molecular formula is C105H179NO34P2. The van der Waals surface area contributed by atoms with Gasteiger partial charge in [0.2, 0.25) is 0 Å². The summed E-state index contributed by atoms with van der Waals surface area (Å²) in [6.45, 7) is 34.6. The van der Waals surface area contributed by atoms with Crippen LogP contribution >= 0.6 is 15.8 Å². The molecule has 0 spiro atoms. The number of nitrogens with zero attached hydrogens (tertiary/aromatic N) is 1. The maximum absolute atomic E-state index is 13.9. The Morgan fingerprint density at radius 1 is 0.183 bits per heavy atom.